The maximum atomic E-state index is 10.5. The second-order valence-electron chi connectivity index (χ2n) is 7.99. The molecule has 0 radical (unpaired) electrons. The molecule has 0 bridgehead atoms. The van der Waals surface area contributed by atoms with E-state index in [1.54, 1.807) is 33.2 Å². The van der Waals surface area contributed by atoms with E-state index in [4.69, 9.17) is 11.6 Å². The predicted octanol–water partition coefficient (Wildman–Crippen LogP) is 3.27. The fourth-order valence-corrected chi connectivity index (χ4v) is 2.71. The van der Waals surface area contributed by atoms with E-state index >= 15 is 0 Å². The summed E-state index contributed by atoms with van der Waals surface area (Å²) in [5, 5.41) is 32.6. The molecule has 0 unspecified atom stereocenters. The fraction of sp³-hybridized carbons (Fsp3) is 0.400. The van der Waals surface area contributed by atoms with Crippen molar-refractivity contribution in [2.75, 3.05) is 5.32 Å². The second kappa shape index (κ2) is 7.70. The van der Waals surface area contributed by atoms with Gasteiger partial charge in [0.25, 0.3) is 0 Å². The number of nitrogens with zero attached hydrogens (tertiary/aromatic N) is 5. The molecule has 0 aliphatic carbocycles. The molecular weight excluding hydrogens is 392 g/mol. The van der Waals surface area contributed by atoms with Crippen LogP contribution in [0.3, 0.4) is 0 Å². The summed E-state index contributed by atoms with van der Waals surface area (Å²) in [7, 11) is 0. The molecule has 0 saturated carbocycles. The van der Waals surface area contributed by atoms with E-state index in [1.807, 2.05) is 32.0 Å². The summed E-state index contributed by atoms with van der Waals surface area (Å²) in [4.78, 5) is 8.87. The minimum Gasteiger partial charge on any atom is -0.387 e. The highest BCUT2D eigenvalue weighted by Gasteiger charge is 2.38. The van der Waals surface area contributed by atoms with Gasteiger partial charge in [0, 0.05) is 6.20 Å². The molecule has 0 aromatic carbocycles. The Morgan fingerprint density at radius 2 is 1.79 bits per heavy atom. The number of hydrogen-bond acceptors (Lipinski definition) is 7. The molecule has 3 N–H and O–H groups in total. The summed E-state index contributed by atoms with van der Waals surface area (Å²) >= 11 is 6.03. The maximum Gasteiger partial charge on any atom is 0.132 e. The van der Waals surface area contributed by atoms with Crippen molar-refractivity contribution in [3.63, 3.8) is 0 Å². The Bertz CT molecular complexity index is 1030. The Labute approximate surface area is 174 Å². The molecule has 0 fully saturated rings. The number of halogens is 1. The molecule has 0 saturated heterocycles. The van der Waals surface area contributed by atoms with E-state index in [-0.39, 0.29) is 6.54 Å². The van der Waals surface area contributed by atoms with Crippen LogP contribution in [0.15, 0.2) is 30.6 Å². The average Bonchev–Trinajstić information content (AvgIpc) is 3.04. The van der Waals surface area contributed by atoms with Crippen LogP contribution in [0.5, 0.6) is 0 Å². The molecule has 29 heavy (non-hydrogen) atoms. The topological polar surface area (TPSA) is 109 Å². The average molecular weight is 417 g/mol. The van der Waals surface area contributed by atoms with Gasteiger partial charge in [0.05, 0.1) is 29.1 Å². The third-order valence-corrected chi connectivity index (χ3v) is 5.26. The SMILES string of the molecule is Cc1cc(Nc2cc(C)c(Cl)cn2)nc(-c2cn(C[C@@](C)(O)C(C)(C)O)nn2)c1. The zero-order valence-corrected chi connectivity index (χ0v) is 17.9. The predicted molar refractivity (Wildman–Crippen MR) is 112 cm³/mol. The van der Waals surface area contributed by atoms with Gasteiger partial charge in [0.1, 0.15) is 22.9 Å². The molecule has 8 nitrogen and oxygen atoms in total. The van der Waals surface area contributed by atoms with Crippen molar-refractivity contribution in [2.24, 2.45) is 0 Å². The van der Waals surface area contributed by atoms with Crippen LogP contribution in [0, 0.1) is 13.8 Å². The minimum absolute atomic E-state index is 0.0917. The summed E-state index contributed by atoms with van der Waals surface area (Å²) in [6, 6.07) is 5.65. The Hall–Kier alpha value is -2.55. The van der Waals surface area contributed by atoms with Gasteiger partial charge < -0.3 is 15.5 Å². The molecule has 1 atom stereocenters. The summed E-state index contributed by atoms with van der Waals surface area (Å²) in [5.74, 6) is 1.26. The van der Waals surface area contributed by atoms with E-state index in [1.165, 1.54) is 4.68 Å². The molecule has 0 aliphatic heterocycles. The van der Waals surface area contributed by atoms with E-state index in [0.717, 1.165) is 11.1 Å². The number of pyridine rings is 2. The van der Waals surface area contributed by atoms with Gasteiger partial charge in [0.2, 0.25) is 0 Å². The van der Waals surface area contributed by atoms with Gasteiger partial charge in [-0.2, -0.15) is 0 Å². The second-order valence-corrected chi connectivity index (χ2v) is 8.40. The van der Waals surface area contributed by atoms with Crippen molar-refractivity contribution >= 4 is 23.2 Å². The quantitative estimate of drug-likeness (QED) is 0.565. The number of aromatic nitrogens is 5. The molecule has 3 aromatic heterocycles. The smallest absolute Gasteiger partial charge is 0.132 e. The van der Waals surface area contributed by atoms with Crippen LogP contribution >= 0.6 is 11.6 Å². The van der Waals surface area contributed by atoms with Crippen molar-refractivity contribution in [2.45, 2.75) is 52.4 Å². The van der Waals surface area contributed by atoms with E-state index in [9.17, 15) is 10.2 Å². The number of aryl methyl sites for hydroxylation is 2. The molecule has 3 rings (SSSR count). The lowest BCUT2D eigenvalue weighted by atomic mass is 9.88. The number of nitrogens with one attached hydrogen (secondary N) is 1. The lowest BCUT2D eigenvalue weighted by Crippen LogP contribution is -2.50. The zero-order valence-electron chi connectivity index (χ0n) is 17.1. The van der Waals surface area contributed by atoms with Crippen molar-refractivity contribution in [3.05, 3.63) is 46.7 Å². The fourth-order valence-electron chi connectivity index (χ4n) is 2.60. The first-order chi connectivity index (χ1) is 13.4. The lowest BCUT2D eigenvalue weighted by molar-refractivity contribution is -0.129. The van der Waals surface area contributed by atoms with Crippen LogP contribution < -0.4 is 5.32 Å². The largest absolute Gasteiger partial charge is 0.387 e. The molecule has 0 spiro atoms. The third kappa shape index (κ3) is 4.90. The molecule has 9 heteroatoms. The van der Waals surface area contributed by atoms with Gasteiger partial charge >= 0.3 is 0 Å². The molecule has 0 aliphatic rings. The van der Waals surface area contributed by atoms with E-state index in [2.05, 4.69) is 25.6 Å². The van der Waals surface area contributed by atoms with Gasteiger partial charge in [-0.05, 0) is 63.9 Å². The number of aliphatic hydroxyl groups is 2. The molecular formula is C20H25ClN6O2. The Kier molecular flexibility index (Phi) is 5.62. The Balaban J connectivity index is 1.85. The van der Waals surface area contributed by atoms with Crippen LogP contribution in [-0.2, 0) is 6.54 Å². The van der Waals surface area contributed by atoms with Crippen molar-refractivity contribution in [1.82, 2.24) is 25.0 Å². The number of rotatable bonds is 6. The monoisotopic (exact) mass is 416 g/mol. The molecule has 0 amide bonds. The summed E-state index contributed by atoms with van der Waals surface area (Å²) in [6.45, 7) is 8.62. The maximum absolute atomic E-state index is 10.5. The van der Waals surface area contributed by atoms with Gasteiger partial charge in [-0.1, -0.05) is 16.8 Å². The number of hydrogen-bond donors (Lipinski definition) is 3. The standard InChI is InChI=1S/C20H25ClN6O2/c1-12-6-15(16-10-27(26-25-16)11-20(5,29)19(3,4)28)23-18(7-12)24-17-8-13(2)14(21)9-22-17/h6-10,28-29H,11H2,1-5H3,(H,22,23,24)/t20-/m1/s1. The summed E-state index contributed by atoms with van der Waals surface area (Å²) < 4.78 is 1.49. The first-order valence-electron chi connectivity index (χ1n) is 9.18. The highest BCUT2D eigenvalue weighted by molar-refractivity contribution is 6.31. The zero-order chi connectivity index (χ0) is 21.4. The minimum atomic E-state index is -1.37. The van der Waals surface area contributed by atoms with Crippen molar-refractivity contribution in [1.29, 1.82) is 0 Å². The van der Waals surface area contributed by atoms with Gasteiger partial charge in [0.15, 0.2) is 0 Å². The normalized spacial score (nSPS) is 13.9. The summed E-state index contributed by atoms with van der Waals surface area (Å²) in [5.41, 5.74) is 0.431. The van der Waals surface area contributed by atoms with Crippen LogP contribution in [0.4, 0.5) is 11.6 Å². The van der Waals surface area contributed by atoms with E-state index in [0.29, 0.717) is 28.0 Å². The van der Waals surface area contributed by atoms with Crippen molar-refractivity contribution in [3.8, 4) is 11.4 Å². The lowest BCUT2D eigenvalue weighted by Gasteiger charge is -2.35. The first kappa shape index (κ1) is 21.2. The van der Waals surface area contributed by atoms with Crippen LogP contribution in [0.2, 0.25) is 5.02 Å². The van der Waals surface area contributed by atoms with Crippen LogP contribution in [0.1, 0.15) is 31.9 Å². The Morgan fingerprint density at radius 1 is 1.07 bits per heavy atom. The molecule has 154 valence electrons. The van der Waals surface area contributed by atoms with Gasteiger partial charge in [-0.15, -0.1) is 5.10 Å². The van der Waals surface area contributed by atoms with Crippen molar-refractivity contribution < 1.29 is 10.2 Å². The highest BCUT2D eigenvalue weighted by atomic mass is 35.5. The molecule has 3 heterocycles. The number of anilines is 2. The van der Waals surface area contributed by atoms with Gasteiger partial charge in [-0.3, -0.25) is 0 Å². The van der Waals surface area contributed by atoms with Crippen LogP contribution in [-0.4, -0.2) is 46.4 Å². The van der Waals surface area contributed by atoms with E-state index < -0.39 is 11.2 Å². The third-order valence-electron chi connectivity index (χ3n) is 4.86. The first-order valence-corrected chi connectivity index (χ1v) is 9.55. The highest BCUT2D eigenvalue weighted by Crippen LogP contribution is 2.25. The molecule has 3 aromatic rings. The Morgan fingerprint density at radius 3 is 2.45 bits per heavy atom. The van der Waals surface area contributed by atoms with Gasteiger partial charge in [-0.25, -0.2) is 14.6 Å². The summed E-state index contributed by atoms with van der Waals surface area (Å²) in [6.07, 6.45) is 3.28. The van der Waals surface area contributed by atoms with Crippen LogP contribution in [0.25, 0.3) is 11.4 Å².